The Bertz CT molecular complexity index is 550. The first kappa shape index (κ1) is 15.4. The largest absolute Gasteiger partial charge is 0.374 e. The molecule has 1 fully saturated rings. The smallest absolute Gasteiger partial charge is 0.242 e. The molecule has 0 aromatic carbocycles. The van der Waals surface area contributed by atoms with Crippen molar-refractivity contribution in [1.29, 1.82) is 0 Å². The van der Waals surface area contributed by atoms with Gasteiger partial charge in [0.05, 0.1) is 9.39 Å². The molecule has 0 amide bonds. The van der Waals surface area contributed by atoms with E-state index in [1.807, 2.05) is 6.92 Å². The lowest BCUT2D eigenvalue weighted by Crippen LogP contribution is -2.40. The van der Waals surface area contributed by atoms with Crippen molar-refractivity contribution in [3.05, 3.63) is 14.7 Å². The molecule has 1 aliphatic heterocycles. The zero-order chi connectivity index (χ0) is 14.1. The fourth-order valence-electron chi connectivity index (χ4n) is 1.98. The minimum Gasteiger partial charge on any atom is -0.374 e. The summed E-state index contributed by atoms with van der Waals surface area (Å²) in [5, 5.41) is 0. The number of ether oxygens (including phenoxy) is 1. The Balaban J connectivity index is 2.11. The van der Waals surface area contributed by atoms with Crippen LogP contribution < -0.4 is 10.5 Å². The summed E-state index contributed by atoms with van der Waals surface area (Å²) < 4.78 is 33.3. The van der Waals surface area contributed by atoms with E-state index in [9.17, 15) is 8.42 Å². The van der Waals surface area contributed by atoms with E-state index < -0.39 is 15.6 Å². The van der Waals surface area contributed by atoms with Crippen LogP contribution in [0.3, 0.4) is 0 Å². The van der Waals surface area contributed by atoms with Gasteiger partial charge in [0.25, 0.3) is 0 Å². The van der Waals surface area contributed by atoms with Gasteiger partial charge in [-0.05, 0) is 41.8 Å². The molecule has 0 radical (unpaired) electrons. The van der Waals surface area contributed by atoms with Crippen LogP contribution in [-0.2, 0) is 21.3 Å². The summed E-state index contributed by atoms with van der Waals surface area (Å²) in [6, 6.07) is 1.61. The summed E-state index contributed by atoms with van der Waals surface area (Å²) in [7, 11) is -3.53. The summed E-state index contributed by atoms with van der Waals surface area (Å²) in [6.07, 6.45) is 1.84. The Morgan fingerprint density at radius 2 is 2.37 bits per heavy atom. The summed E-state index contributed by atoms with van der Waals surface area (Å²) in [5.41, 5.74) is 5.13. The lowest BCUT2D eigenvalue weighted by molar-refractivity contribution is 0.0250. The van der Waals surface area contributed by atoms with Crippen molar-refractivity contribution in [3.63, 3.8) is 0 Å². The van der Waals surface area contributed by atoms with Crippen molar-refractivity contribution in [3.8, 4) is 0 Å². The Morgan fingerprint density at radius 3 is 2.89 bits per heavy atom. The molecule has 5 nitrogen and oxygen atoms in total. The highest BCUT2D eigenvalue weighted by atomic mass is 79.9. The molecule has 1 aromatic heterocycles. The SMILES string of the molecule is CC1(CNS(=O)(=O)c2cc(CN)sc2Br)CCCO1. The molecular weight excluding hydrogens is 352 g/mol. The predicted molar refractivity (Wildman–Crippen MR) is 78.7 cm³/mol. The average molecular weight is 369 g/mol. The molecule has 0 bridgehead atoms. The molecule has 1 unspecified atom stereocenters. The van der Waals surface area contributed by atoms with Gasteiger partial charge in [-0.1, -0.05) is 0 Å². The van der Waals surface area contributed by atoms with Gasteiger partial charge in [-0.15, -0.1) is 11.3 Å². The van der Waals surface area contributed by atoms with Gasteiger partial charge in [0.1, 0.15) is 4.90 Å². The maximum atomic E-state index is 12.3. The minimum absolute atomic E-state index is 0.250. The molecule has 0 aliphatic carbocycles. The third-order valence-electron chi connectivity index (χ3n) is 3.13. The zero-order valence-corrected chi connectivity index (χ0v) is 13.8. The number of hydrogen-bond donors (Lipinski definition) is 2. The number of hydrogen-bond acceptors (Lipinski definition) is 5. The van der Waals surface area contributed by atoms with Crippen LogP contribution in [-0.4, -0.2) is 27.2 Å². The Labute approximate surface area is 125 Å². The minimum atomic E-state index is -3.53. The molecule has 2 rings (SSSR count). The predicted octanol–water partition coefficient (Wildman–Crippen LogP) is 1.82. The van der Waals surface area contributed by atoms with Crippen LogP contribution in [0.25, 0.3) is 0 Å². The Kier molecular flexibility index (Phi) is 4.69. The summed E-state index contributed by atoms with van der Waals surface area (Å²) in [5.74, 6) is 0. The van der Waals surface area contributed by atoms with Gasteiger partial charge in [-0.3, -0.25) is 0 Å². The second-order valence-electron chi connectivity index (χ2n) is 4.78. The van der Waals surface area contributed by atoms with Crippen LogP contribution >= 0.6 is 27.3 Å². The number of halogens is 1. The first-order valence-electron chi connectivity index (χ1n) is 5.98. The van der Waals surface area contributed by atoms with E-state index in [-0.39, 0.29) is 11.4 Å². The number of nitrogens with one attached hydrogen (secondary N) is 1. The fraction of sp³-hybridized carbons (Fsp3) is 0.636. The molecule has 0 saturated carbocycles. The van der Waals surface area contributed by atoms with Crippen molar-refractivity contribution in [2.45, 2.75) is 36.8 Å². The maximum absolute atomic E-state index is 12.3. The van der Waals surface area contributed by atoms with Crippen molar-refractivity contribution < 1.29 is 13.2 Å². The lowest BCUT2D eigenvalue weighted by atomic mass is 10.0. The molecule has 8 heteroatoms. The molecule has 2 heterocycles. The maximum Gasteiger partial charge on any atom is 0.242 e. The number of nitrogens with two attached hydrogens (primary N) is 1. The van der Waals surface area contributed by atoms with Gasteiger partial charge in [-0.2, -0.15) is 0 Å². The van der Waals surface area contributed by atoms with Crippen molar-refractivity contribution >= 4 is 37.3 Å². The number of rotatable bonds is 5. The highest BCUT2D eigenvalue weighted by molar-refractivity contribution is 9.11. The van der Waals surface area contributed by atoms with Crippen LogP contribution in [0.2, 0.25) is 0 Å². The van der Waals surface area contributed by atoms with Crippen LogP contribution in [0.5, 0.6) is 0 Å². The highest BCUT2D eigenvalue weighted by Crippen LogP contribution is 2.32. The van der Waals surface area contributed by atoms with Crippen LogP contribution in [0.1, 0.15) is 24.6 Å². The molecule has 0 spiro atoms. The molecule has 1 aromatic rings. The van der Waals surface area contributed by atoms with Crippen LogP contribution in [0, 0.1) is 0 Å². The number of thiophene rings is 1. The van der Waals surface area contributed by atoms with Crippen LogP contribution in [0.4, 0.5) is 0 Å². The third-order valence-corrected chi connectivity index (χ3v) is 6.81. The van der Waals surface area contributed by atoms with Gasteiger partial charge in [0.2, 0.25) is 10.0 Å². The van der Waals surface area contributed by atoms with Gasteiger partial charge < -0.3 is 10.5 Å². The molecule has 1 saturated heterocycles. The van der Waals surface area contributed by atoms with Crippen molar-refractivity contribution in [1.82, 2.24) is 4.72 Å². The second-order valence-corrected chi connectivity index (χ2v) is 8.97. The Hall–Kier alpha value is 0.01000. The van der Waals surface area contributed by atoms with Gasteiger partial charge >= 0.3 is 0 Å². The van der Waals surface area contributed by atoms with E-state index in [4.69, 9.17) is 10.5 Å². The van der Waals surface area contributed by atoms with Crippen LogP contribution in [0.15, 0.2) is 14.7 Å². The Morgan fingerprint density at radius 1 is 1.63 bits per heavy atom. The van der Waals surface area contributed by atoms with Gasteiger partial charge in [0, 0.05) is 24.6 Å². The average Bonchev–Trinajstić information content (AvgIpc) is 2.94. The summed E-state index contributed by atoms with van der Waals surface area (Å²) >= 11 is 4.61. The van der Waals surface area contributed by atoms with Gasteiger partial charge in [-0.25, -0.2) is 13.1 Å². The topological polar surface area (TPSA) is 81.4 Å². The normalized spacial score (nSPS) is 23.9. The zero-order valence-electron chi connectivity index (χ0n) is 10.6. The monoisotopic (exact) mass is 368 g/mol. The molecular formula is C11H17BrN2O3S2. The van der Waals surface area contributed by atoms with Crippen molar-refractivity contribution in [2.24, 2.45) is 5.73 Å². The first-order chi connectivity index (χ1) is 8.86. The van der Waals surface area contributed by atoms with Gasteiger partial charge in [0.15, 0.2) is 0 Å². The molecule has 108 valence electrons. The first-order valence-corrected chi connectivity index (χ1v) is 9.07. The standard InChI is InChI=1S/C11H17BrN2O3S2/c1-11(3-2-4-17-11)7-14-19(15,16)9-5-8(6-13)18-10(9)12/h5,14H,2-4,6-7,13H2,1H3. The van der Waals surface area contributed by atoms with E-state index >= 15 is 0 Å². The molecule has 3 N–H and O–H groups in total. The highest BCUT2D eigenvalue weighted by Gasteiger charge is 2.32. The van der Waals surface area contributed by atoms with E-state index in [1.165, 1.54) is 11.3 Å². The quantitative estimate of drug-likeness (QED) is 0.830. The number of sulfonamides is 1. The molecule has 1 atom stereocenters. The molecule has 19 heavy (non-hydrogen) atoms. The molecule has 1 aliphatic rings. The summed E-state index contributed by atoms with van der Waals surface area (Å²) in [6.45, 7) is 3.24. The van der Waals surface area contributed by atoms with E-state index in [0.29, 0.717) is 16.9 Å². The second kappa shape index (κ2) is 5.79. The lowest BCUT2D eigenvalue weighted by Gasteiger charge is -2.23. The third kappa shape index (κ3) is 3.56. The van der Waals surface area contributed by atoms with E-state index in [0.717, 1.165) is 17.7 Å². The van der Waals surface area contributed by atoms with Crippen molar-refractivity contribution in [2.75, 3.05) is 13.2 Å². The summed E-state index contributed by atoms with van der Waals surface area (Å²) in [4.78, 5) is 1.08. The fourth-order valence-corrected chi connectivity index (χ4v) is 5.70. The van der Waals surface area contributed by atoms with E-state index in [1.54, 1.807) is 6.07 Å². The van der Waals surface area contributed by atoms with E-state index in [2.05, 4.69) is 20.7 Å².